The first-order chi connectivity index (χ1) is 13.2. The summed E-state index contributed by atoms with van der Waals surface area (Å²) in [5.41, 5.74) is 3.62. The lowest BCUT2D eigenvalue weighted by molar-refractivity contribution is 0.0460. The van der Waals surface area contributed by atoms with E-state index in [0.29, 0.717) is 31.1 Å². The van der Waals surface area contributed by atoms with Gasteiger partial charge in [-0.3, -0.25) is 0 Å². The quantitative estimate of drug-likeness (QED) is 0.361. The molecule has 27 heavy (non-hydrogen) atoms. The van der Waals surface area contributed by atoms with Gasteiger partial charge in [-0.05, 0) is 42.2 Å². The van der Waals surface area contributed by atoms with E-state index < -0.39 is 0 Å². The highest BCUT2D eigenvalue weighted by Crippen LogP contribution is 2.32. The zero-order valence-corrected chi connectivity index (χ0v) is 15.7. The molecule has 0 aromatic heterocycles. The van der Waals surface area contributed by atoms with E-state index in [0.717, 1.165) is 35.3 Å². The van der Waals surface area contributed by atoms with Crippen LogP contribution in [0.5, 0.6) is 11.5 Å². The molecule has 6 nitrogen and oxygen atoms in total. The lowest BCUT2D eigenvalue weighted by atomic mass is 9.99. The molecule has 3 rings (SSSR count). The fourth-order valence-corrected chi connectivity index (χ4v) is 3.02. The van der Waals surface area contributed by atoms with E-state index >= 15 is 0 Å². The molecule has 1 aliphatic rings. The van der Waals surface area contributed by atoms with Crippen molar-refractivity contribution in [2.75, 3.05) is 27.6 Å². The third-order valence-electron chi connectivity index (χ3n) is 4.42. The standard InChI is InChI=1S/C21H24O6/c1-23-14-27-19-10-7-16(18-13-26-21(22)20(18)19)4-3-11-25-12-15-5-8-17(24-2)9-6-15/h5-10H,3-4,11-14H2,1-2H3. The summed E-state index contributed by atoms with van der Waals surface area (Å²) in [4.78, 5) is 12.0. The molecular formula is C21H24O6. The number of carbonyl (C=O) groups is 1. The molecule has 0 N–H and O–H groups in total. The Kier molecular flexibility index (Phi) is 6.68. The minimum atomic E-state index is -0.339. The van der Waals surface area contributed by atoms with Gasteiger partial charge in [-0.15, -0.1) is 0 Å². The summed E-state index contributed by atoms with van der Waals surface area (Å²) in [6.07, 6.45) is 1.67. The lowest BCUT2D eigenvalue weighted by Gasteiger charge is -2.11. The molecule has 0 atom stereocenters. The fraction of sp³-hybridized carbons (Fsp3) is 0.381. The maximum absolute atomic E-state index is 12.0. The van der Waals surface area contributed by atoms with E-state index in [1.165, 1.54) is 0 Å². The highest BCUT2D eigenvalue weighted by molar-refractivity contribution is 5.96. The molecule has 2 aromatic rings. The topological polar surface area (TPSA) is 63.2 Å². The molecule has 6 heteroatoms. The number of hydrogen-bond donors (Lipinski definition) is 0. The summed E-state index contributed by atoms with van der Waals surface area (Å²) in [5.74, 6) is 1.00. The third-order valence-corrected chi connectivity index (χ3v) is 4.42. The number of cyclic esters (lactones) is 1. The summed E-state index contributed by atoms with van der Waals surface area (Å²) in [5, 5.41) is 0. The molecule has 1 aliphatic heterocycles. The largest absolute Gasteiger partial charge is 0.497 e. The number of esters is 1. The van der Waals surface area contributed by atoms with Gasteiger partial charge in [0.1, 0.15) is 23.7 Å². The zero-order valence-electron chi connectivity index (χ0n) is 15.7. The van der Waals surface area contributed by atoms with Crippen LogP contribution in [0.3, 0.4) is 0 Å². The molecule has 2 aromatic carbocycles. The third kappa shape index (κ3) is 4.78. The Labute approximate surface area is 158 Å². The molecule has 0 bridgehead atoms. The van der Waals surface area contributed by atoms with Crippen LogP contribution in [0.1, 0.15) is 33.5 Å². The molecule has 0 saturated heterocycles. The van der Waals surface area contributed by atoms with Crippen molar-refractivity contribution in [2.24, 2.45) is 0 Å². The van der Waals surface area contributed by atoms with Crippen LogP contribution in [-0.4, -0.2) is 33.6 Å². The molecule has 0 fully saturated rings. The molecule has 0 amide bonds. The van der Waals surface area contributed by atoms with Gasteiger partial charge in [0.25, 0.3) is 0 Å². The van der Waals surface area contributed by atoms with Crippen LogP contribution < -0.4 is 9.47 Å². The van der Waals surface area contributed by atoms with Gasteiger partial charge in [0, 0.05) is 19.3 Å². The van der Waals surface area contributed by atoms with Gasteiger partial charge in [0.05, 0.1) is 13.7 Å². The van der Waals surface area contributed by atoms with Gasteiger partial charge in [-0.25, -0.2) is 4.79 Å². The van der Waals surface area contributed by atoms with Crippen molar-refractivity contribution < 1.29 is 28.5 Å². The Morgan fingerprint density at radius 3 is 2.63 bits per heavy atom. The van der Waals surface area contributed by atoms with Crippen molar-refractivity contribution in [3.05, 3.63) is 58.7 Å². The van der Waals surface area contributed by atoms with Crippen LogP contribution in [-0.2, 0) is 33.8 Å². The Bertz CT molecular complexity index is 769. The number of rotatable bonds is 10. The Hall–Kier alpha value is -2.57. The first-order valence-electron chi connectivity index (χ1n) is 8.87. The predicted octanol–water partition coefficient (Wildman–Crippen LogP) is 3.50. The molecular weight excluding hydrogens is 348 g/mol. The van der Waals surface area contributed by atoms with E-state index in [9.17, 15) is 4.79 Å². The molecule has 1 heterocycles. The monoisotopic (exact) mass is 372 g/mol. The van der Waals surface area contributed by atoms with Crippen molar-refractivity contribution in [1.82, 2.24) is 0 Å². The first kappa shape index (κ1) is 19.2. The molecule has 144 valence electrons. The maximum Gasteiger partial charge on any atom is 0.342 e. The predicted molar refractivity (Wildman–Crippen MR) is 99.0 cm³/mol. The second-order valence-corrected chi connectivity index (χ2v) is 6.21. The van der Waals surface area contributed by atoms with E-state index in [1.54, 1.807) is 20.3 Å². The van der Waals surface area contributed by atoms with Crippen LogP contribution in [0.15, 0.2) is 36.4 Å². The maximum atomic E-state index is 12.0. The fourth-order valence-electron chi connectivity index (χ4n) is 3.02. The second-order valence-electron chi connectivity index (χ2n) is 6.21. The number of ether oxygens (including phenoxy) is 5. The first-order valence-corrected chi connectivity index (χ1v) is 8.87. The van der Waals surface area contributed by atoms with Crippen molar-refractivity contribution in [2.45, 2.75) is 26.1 Å². The van der Waals surface area contributed by atoms with E-state index in [1.807, 2.05) is 30.3 Å². The average Bonchev–Trinajstić information content (AvgIpc) is 3.09. The van der Waals surface area contributed by atoms with Crippen LogP contribution in [0.25, 0.3) is 0 Å². The number of fused-ring (bicyclic) bond motifs is 1. The average molecular weight is 372 g/mol. The van der Waals surface area contributed by atoms with Crippen molar-refractivity contribution in [1.29, 1.82) is 0 Å². The number of methoxy groups -OCH3 is 2. The number of aryl methyl sites for hydroxylation is 1. The molecule has 0 aliphatic carbocycles. The Morgan fingerprint density at radius 2 is 1.89 bits per heavy atom. The van der Waals surface area contributed by atoms with Crippen molar-refractivity contribution in [3.63, 3.8) is 0 Å². The smallest absolute Gasteiger partial charge is 0.342 e. The lowest BCUT2D eigenvalue weighted by Crippen LogP contribution is -2.06. The molecule has 0 radical (unpaired) electrons. The molecule has 0 spiro atoms. The zero-order chi connectivity index (χ0) is 19.1. The highest BCUT2D eigenvalue weighted by Gasteiger charge is 2.28. The van der Waals surface area contributed by atoms with Gasteiger partial charge >= 0.3 is 5.97 Å². The molecule has 0 unspecified atom stereocenters. The molecule has 0 saturated carbocycles. The van der Waals surface area contributed by atoms with Crippen LogP contribution in [0, 0.1) is 0 Å². The summed E-state index contributed by atoms with van der Waals surface area (Å²) >= 11 is 0. The van der Waals surface area contributed by atoms with Gasteiger partial charge in [0.15, 0.2) is 6.79 Å². The summed E-state index contributed by atoms with van der Waals surface area (Å²) < 4.78 is 26.5. The Morgan fingerprint density at radius 1 is 1.07 bits per heavy atom. The highest BCUT2D eigenvalue weighted by atomic mass is 16.7. The van der Waals surface area contributed by atoms with Crippen LogP contribution in [0.4, 0.5) is 0 Å². The summed E-state index contributed by atoms with van der Waals surface area (Å²) in [6.45, 7) is 1.59. The second kappa shape index (κ2) is 9.39. The minimum absolute atomic E-state index is 0.0955. The van der Waals surface area contributed by atoms with Gasteiger partial charge in [-0.2, -0.15) is 0 Å². The van der Waals surface area contributed by atoms with E-state index in [4.69, 9.17) is 23.7 Å². The Balaban J connectivity index is 1.51. The van der Waals surface area contributed by atoms with Gasteiger partial charge in [0.2, 0.25) is 0 Å². The van der Waals surface area contributed by atoms with Crippen LogP contribution in [0.2, 0.25) is 0 Å². The van der Waals surface area contributed by atoms with Crippen molar-refractivity contribution in [3.8, 4) is 11.5 Å². The summed E-state index contributed by atoms with van der Waals surface area (Å²) in [6, 6.07) is 11.6. The van der Waals surface area contributed by atoms with E-state index in [2.05, 4.69) is 0 Å². The van der Waals surface area contributed by atoms with Crippen LogP contribution >= 0.6 is 0 Å². The number of hydrogen-bond acceptors (Lipinski definition) is 6. The van der Waals surface area contributed by atoms with E-state index in [-0.39, 0.29) is 12.8 Å². The van der Waals surface area contributed by atoms with Crippen molar-refractivity contribution >= 4 is 5.97 Å². The minimum Gasteiger partial charge on any atom is -0.497 e. The normalized spacial score (nSPS) is 12.6. The number of benzene rings is 2. The SMILES string of the molecule is COCOc1ccc(CCCOCc2ccc(OC)cc2)c2c1C(=O)OC2. The number of carbonyl (C=O) groups excluding carboxylic acids is 1. The van der Waals surface area contributed by atoms with Gasteiger partial charge < -0.3 is 23.7 Å². The van der Waals surface area contributed by atoms with Gasteiger partial charge in [-0.1, -0.05) is 18.2 Å². The summed E-state index contributed by atoms with van der Waals surface area (Å²) in [7, 11) is 3.19.